The molecule has 0 aromatic heterocycles. The Morgan fingerprint density at radius 3 is 1.47 bits per heavy atom. The number of aliphatic hydroxyl groups excluding tert-OH is 4. The van der Waals surface area contributed by atoms with Crippen molar-refractivity contribution in [2.45, 2.75) is 18.3 Å². The molecule has 0 saturated heterocycles. The van der Waals surface area contributed by atoms with Crippen molar-refractivity contribution in [1.29, 1.82) is 0 Å². The molecule has 0 bridgehead atoms. The van der Waals surface area contributed by atoms with Gasteiger partial charge in [0.25, 0.3) is 0 Å². The molecule has 0 aliphatic carbocycles. The Hall–Kier alpha value is -2.01. The van der Waals surface area contributed by atoms with E-state index in [9.17, 15) is 14.4 Å². The highest BCUT2D eigenvalue weighted by atomic mass is 16.4. The van der Waals surface area contributed by atoms with Gasteiger partial charge in [-0.1, -0.05) is 0 Å². The van der Waals surface area contributed by atoms with Gasteiger partial charge < -0.3 is 35.7 Å². The quantitative estimate of drug-likeness (QED) is 0.245. The number of aliphatic carboxylic acids is 3. The van der Waals surface area contributed by atoms with Gasteiger partial charge in [-0.25, -0.2) is 14.4 Å². The normalized spacial score (nSPS) is 14.9. The molecular formula is C9H14O10. The maximum absolute atomic E-state index is 9.96. The van der Waals surface area contributed by atoms with Crippen LogP contribution in [-0.4, -0.2) is 78.6 Å². The van der Waals surface area contributed by atoms with E-state index in [0.29, 0.717) is 12.2 Å². The Morgan fingerprint density at radius 1 is 0.895 bits per heavy atom. The average molecular weight is 282 g/mol. The lowest BCUT2D eigenvalue weighted by molar-refractivity contribution is -0.159. The number of rotatable bonds is 6. The zero-order valence-corrected chi connectivity index (χ0v) is 9.45. The van der Waals surface area contributed by atoms with E-state index >= 15 is 0 Å². The molecule has 0 unspecified atom stereocenters. The molecular weight excluding hydrogens is 268 g/mol. The van der Waals surface area contributed by atoms with Crippen LogP contribution in [0.25, 0.3) is 0 Å². The molecule has 0 aliphatic rings. The first-order valence-corrected chi connectivity index (χ1v) is 4.65. The smallest absolute Gasteiger partial charge is 0.335 e. The molecule has 0 spiro atoms. The Morgan fingerprint density at radius 2 is 1.26 bits per heavy atom. The maximum atomic E-state index is 9.96. The van der Waals surface area contributed by atoms with Crippen molar-refractivity contribution in [3.05, 3.63) is 12.2 Å². The largest absolute Gasteiger partial charge is 0.479 e. The minimum absolute atomic E-state index is 0.558. The van der Waals surface area contributed by atoms with E-state index < -0.39 is 42.8 Å². The molecule has 7 N–H and O–H groups in total. The van der Waals surface area contributed by atoms with Gasteiger partial charge in [0.2, 0.25) is 0 Å². The summed E-state index contributed by atoms with van der Waals surface area (Å²) < 4.78 is 0. The standard InChI is InChI=1S/C5H10O6.C4H4O4/c6-1-2(7)3(8)4(9)5(10)11;5-3(6)1-2-4(7)8/h2-4,6-9H,1H2,(H,10,11);1-2H,(H,5,6)(H,7,8)/t2-,3+,4-;/m1./s1. The molecule has 10 nitrogen and oxygen atoms in total. The molecule has 0 aromatic carbocycles. The van der Waals surface area contributed by atoms with Crippen LogP contribution in [0, 0.1) is 0 Å². The fourth-order valence-corrected chi connectivity index (χ4v) is 0.607. The van der Waals surface area contributed by atoms with Crippen molar-refractivity contribution in [2.75, 3.05) is 6.61 Å². The lowest BCUT2D eigenvalue weighted by Crippen LogP contribution is -2.43. The zero-order valence-electron chi connectivity index (χ0n) is 9.45. The fourth-order valence-electron chi connectivity index (χ4n) is 0.607. The second-order valence-electron chi connectivity index (χ2n) is 3.03. The predicted octanol–water partition coefficient (Wildman–Crippen LogP) is -3.14. The third-order valence-corrected chi connectivity index (χ3v) is 1.53. The monoisotopic (exact) mass is 282 g/mol. The highest BCUT2D eigenvalue weighted by Gasteiger charge is 2.29. The lowest BCUT2D eigenvalue weighted by Gasteiger charge is -2.17. The van der Waals surface area contributed by atoms with E-state index in [1.165, 1.54) is 0 Å². The van der Waals surface area contributed by atoms with Crippen molar-refractivity contribution < 1.29 is 50.1 Å². The van der Waals surface area contributed by atoms with E-state index in [4.69, 9.17) is 35.7 Å². The Bertz CT molecular complexity index is 320. The molecule has 0 heterocycles. The first kappa shape index (κ1) is 19.3. The summed E-state index contributed by atoms with van der Waals surface area (Å²) in [6.07, 6.45) is -4.46. The molecule has 0 aliphatic heterocycles. The second-order valence-corrected chi connectivity index (χ2v) is 3.03. The van der Waals surface area contributed by atoms with Gasteiger partial charge in [0.1, 0.15) is 12.2 Å². The van der Waals surface area contributed by atoms with Crippen LogP contribution in [-0.2, 0) is 14.4 Å². The molecule has 0 saturated carbocycles. The topological polar surface area (TPSA) is 193 Å². The molecule has 0 amide bonds. The van der Waals surface area contributed by atoms with E-state index in [0.717, 1.165) is 0 Å². The lowest BCUT2D eigenvalue weighted by atomic mass is 10.1. The first-order chi connectivity index (χ1) is 8.63. The van der Waals surface area contributed by atoms with Gasteiger partial charge in [-0.15, -0.1) is 0 Å². The molecule has 0 fully saturated rings. The Kier molecular flexibility index (Phi) is 10.1. The van der Waals surface area contributed by atoms with Gasteiger partial charge >= 0.3 is 17.9 Å². The SMILES string of the molecule is O=C(O)C=CC(=O)O.O=C(O)[C@H](O)[C@@H](O)[C@H](O)CO. The van der Waals surface area contributed by atoms with Gasteiger partial charge in [-0.3, -0.25) is 0 Å². The van der Waals surface area contributed by atoms with E-state index in [2.05, 4.69) is 0 Å². The highest BCUT2D eigenvalue weighted by molar-refractivity contribution is 5.89. The van der Waals surface area contributed by atoms with E-state index in [1.807, 2.05) is 0 Å². The third-order valence-electron chi connectivity index (χ3n) is 1.53. The van der Waals surface area contributed by atoms with Crippen molar-refractivity contribution >= 4 is 17.9 Å². The van der Waals surface area contributed by atoms with Crippen molar-refractivity contribution in [2.24, 2.45) is 0 Å². The zero-order chi connectivity index (χ0) is 15.6. The Labute approximate surface area is 106 Å². The number of carbonyl (C=O) groups is 3. The van der Waals surface area contributed by atoms with E-state index in [-0.39, 0.29) is 0 Å². The number of carboxylic acid groups (broad SMARTS) is 3. The molecule has 0 radical (unpaired) electrons. The first-order valence-electron chi connectivity index (χ1n) is 4.65. The number of carboxylic acids is 3. The van der Waals surface area contributed by atoms with Crippen molar-refractivity contribution in [1.82, 2.24) is 0 Å². The van der Waals surface area contributed by atoms with Crippen molar-refractivity contribution in [3.8, 4) is 0 Å². The molecule has 0 rings (SSSR count). The fraction of sp³-hybridized carbons (Fsp3) is 0.444. The van der Waals surface area contributed by atoms with Crippen LogP contribution >= 0.6 is 0 Å². The van der Waals surface area contributed by atoms with Gasteiger partial charge in [0, 0.05) is 12.2 Å². The average Bonchev–Trinajstić information content (AvgIpc) is 2.34. The van der Waals surface area contributed by atoms with Gasteiger partial charge in [0.15, 0.2) is 6.10 Å². The van der Waals surface area contributed by atoms with Gasteiger partial charge in [-0.2, -0.15) is 0 Å². The van der Waals surface area contributed by atoms with Gasteiger partial charge in [0.05, 0.1) is 6.61 Å². The summed E-state index contributed by atoms with van der Waals surface area (Å²) in [4.78, 5) is 29.1. The van der Waals surface area contributed by atoms with Crippen LogP contribution in [0.15, 0.2) is 12.2 Å². The summed E-state index contributed by atoms with van der Waals surface area (Å²) in [5.74, 6) is -4.16. The number of hydrogen-bond donors (Lipinski definition) is 7. The van der Waals surface area contributed by atoms with Crippen LogP contribution in [0.2, 0.25) is 0 Å². The van der Waals surface area contributed by atoms with Crippen molar-refractivity contribution in [3.63, 3.8) is 0 Å². The maximum Gasteiger partial charge on any atom is 0.335 e. The van der Waals surface area contributed by atoms with Crippen LogP contribution < -0.4 is 0 Å². The van der Waals surface area contributed by atoms with Crippen LogP contribution in [0.4, 0.5) is 0 Å². The molecule has 10 heteroatoms. The number of aliphatic hydroxyl groups is 4. The van der Waals surface area contributed by atoms with Gasteiger partial charge in [-0.05, 0) is 0 Å². The van der Waals surface area contributed by atoms with Crippen LogP contribution in [0.5, 0.6) is 0 Å². The Balaban J connectivity index is 0. The van der Waals surface area contributed by atoms with Crippen LogP contribution in [0.3, 0.4) is 0 Å². The van der Waals surface area contributed by atoms with Crippen LogP contribution in [0.1, 0.15) is 0 Å². The summed E-state index contributed by atoms with van der Waals surface area (Å²) in [6.45, 7) is -0.800. The highest BCUT2D eigenvalue weighted by Crippen LogP contribution is 1.99. The van der Waals surface area contributed by atoms with E-state index in [1.54, 1.807) is 0 Å². The third kappa shape index (κ3) is 10.8. The summed E-state index contributed by atoms with van der Waals surface area (Å²) in [6, 6.07) is 0. The summed E-state index contributed by atoms with van der Waals surface area (Å²) >= 11 is 0. The second kappa shape index (κ2) is 9.96. The number of hydrogen-bond acceptors (Lipinski definition) is 7. The molecule has 3 atom stereocenters. The molecule has 0 aromatic rings. The predicted molar refractivity (Wildman–Crippen MR) is 57.2 cm³/mol. The minimum atomic E-state index is -2.07. The molecule has 110 valence electrons. The summed E-state index contributed by atoms with van der Waals surface area (Å²) in [7, 11) is 0. The molecule has 19 heavy (non-hydrogen) atoms. The minimum Gasteiger partial charge on any atom is -0.479 e. The summed E-state index contributed by atoms with van der Waals surface area (Å²) in [5, 5.41) is 57.9. The summed E-state index contributed by atoms with van der Waals surface area (Å²) in [5.41, 5.74) is 0.